The molecule has 1 aromatic carbocycles. The van der Waals surface area contributed by atoms with Crippen LogP contribution in [0, 0.1) is 6.92 Å². The van der Waals surface area contributed by atoms with Crippen molar-refractivity contribution < 1.29 is 14.3 Å². The number of fused-ring (bicyclic) bond motifs is 1. The zero-order chi connectivity index (χ0) is 23.9. The molecule has 1 aliphatic heterocycles. The maximum absolute atomic E-state index is 12.7. The van der Waals surface area contributed by atoms with E-state index in [-0.39, 0.29) is 12.5 Å². The molecule has 0 saturated carbocycles. The Kier molecular flexibility index (Phi) is 6.14. The highest BCUT2D eigenvalue weighted by molar-refractivity contribution is 6.31. The average molecular weight is 472 g/mol. The van der Waals surface area contributed by atoms with Crippen molar-refractivity contribution >= 4 is 34.5 Å². The summed E-state index contributed by atoms with van der Waals surface area (Å²) >= 11 is 6.15. The number of ether oxygens (including phenoxy) is 1. The van der Waals surface area contributed by atoms with Gasteiger partial charge in [0.25, 0.3) is 0 Å². The summed E-state index contributed by atoms with van der Waals surface area (Å²) in [6, 6.07) is 7.86. The summed E-state index contributed by atoms with van der Waals surface area (Å²) in [4.78, 5) is 28.3. The summed E-state index contributed by atoms with van der Waals surface area (Å²) in [6.07, 6.45) is 2.24. The van der Waals surface area contributed by atoms with Gasteiger partial charge in [0.1, 0.15) is 18.0 Å². The van der Waals surface area contributed by atoms with Gasteiger partial charge in [-0.1, -0.05) is 11.6 Å². The molecule has 1 fully saturated rings. The molecule has 0 atom stereocenters. The van der Waals surface area contributed by atoms with E-state index in [4.69, 9.17) is 16.3 Å². The second-order valence-corrected chi connectivity index (χ2v) is 9.87. The summed E-state index contributed by atoms with van der Waals surface area (Å²) in [5, 5.41) is 6.40. The van der Waals surface area contributed by atoms with Gasteiger partial charge in [-0.05, 0) is 58.4 Å². The highest BCUT2D eigenvalue weighted by atomic mass is 35.5. The van der Waals surface area contributed by atoms with Gasteiger partial charge in [0.2, 0.25) is 5.91 Å². The molecule has 3 heterocycles. The molecule has 0 radical (unpaired) electrons. The number of nitrogens with zero attached hydrogens (tertiary/aromatic N) is 5. The van der Waals surface area contributed by atoms with E-state index in [1.54, 1.807) is 0 Å². The molecule has 33 heavy (non-hydrogen) atoms. The molecule has 2 aromatic heterocycles. The SMILES string of the molecule is Cc1nn(C)c(-n2ccc3cc(Cl)ccc32)c1CCN1CCN(C(=O)OC(C)(C)C)CC1=O. The summed E-state index contributed by atoms with van der Waals surface area (Å²) in [5.74, 6) is 0.904. The van der Waals surface area contributed by atoms with E-state index in [2.05, 4.69) is 9.67 Å². The number of carbonyl (C=O) groups is 2. The smallest absolute Gasteiger partial charge is 0.410 e. The third-order valence-corrected chi connectivity index (χ3v) is 6.03. The lowest BCUT2D eigenvalue weighted by Crippen LogP contribution is -2.53. The number of aromatic nitrogens is 3. The van der Waals surface area contributed by atoms with Crippen molar-refractivity contribution in [3.63, 3.8) is 0 Å². The molecule has 0 aliphatic carbocycles. The fourth-order valence-electron chi connectivity index (χ4n) is 4.26. The largest absolute Gasteiger partial charge is 0.444 e. The molecule has 0 spiro atoms. The van der Waals surface area contributed by atoms with Crippen molar-refractivity contribution in [2.45, 2.75) is 39.7 Å². The summed E-state index contributed by atoms with van der Waals surface area (Å²) in [5.41, 5.74) is 2.49. The van der Waals surface area contributed by atoms with Crippen LogP contribution in [0.1, 0.15) is 32.0 Å². The average Bonchev–Trinajstić information content (AvgIpc) is 3.24. The van der Waals surface area contributed by atoms with Crippen LogP contribution in [0.15, 0.2) is 30.5 Å². The highest BCUT2D eigenvalue weighted by Crippen LogP contribution is 2.27. The molecule has 0 N–H and O–H groups in total. The monoisotopic (exact) mass is 471 g/mol. The molecule has 8 nitrogen and oxygen atoms in total. The van der Waals surface area contributed by atoms with Gasteiger partial charge >= 0.3 is 6.09 Å². The first-order chi connectivity index (χ1) is 15.5. The fraction of sp³-hybridized carbons (Fsp3) is 0.458. The maximum atomic E-state index is 12.7. The van der Waals surface area contributed by atoms with Crippen molar-refractivity contribution in [3.8, 4) is 5.82 Å². The van der Waals surface area contributed by atoms with Gasteiger partial charge in [-0.2, -0.15) is 5.10 Å². The predicted octanol–water partition coefficient (Wildman–Crippen LogP) is 3.95. The van der Waals surface area contributed by atoms with Gasteiger partial charge in [0.15, 0.2) is 0 Å². The quantitative estimate of drug-likeness (QED) is 0.577. The summed E-state index contributed by atoms with van der Waals surface area (Å²) < 4.78 is 9.39. The molecule has 2 amide bonds. The predicted molar refractivity (Wildman–Crippen MR) is 128 cm³/mol. The minimum absolute atomic E-state index is 0.0385. The van der Waals surface area contributed by atoms with Crippen LogP contribution < -0.4 is 0 Å². The Hall–Kier alpha value is -3.00. The minimum Gasteiger partial charge on any atom is -0.444 e. The Morgan fingerprint density at radius 1 is 1.21 bits per heavy atom. The zero-order valence-electron chi connectivity index (χ0n) is 19.8. The van der Waals surface area contributed by atoms with Gasteiger partial charge in [0.05, 0.1) is 11.2 Å². The van der Waals surface area contributed by atoms with Crippen LogP contribution >= 0.6 is 11.6 Å². The Morgan fingerprint density at radius 2 is 1.97 bits per heavy atom. The van der Waals surface area contributed by atoms with E-state index in [9.17, 15) is 9.59 Å². The standard InChI is InChI=1S/C24H30ClN5O3/c1-16-19(9-10-28-12-13-29(15-21(28)31)23(32)33-24(2,3)4)22(27(5)26-16)30-11-8-17-14-18(25)6-7-20(17)30/h6-8,11,14H,9-10,12-13,15H2,1-5H3. The number of aryl methyl sites for hydroxylation is 2. The first-order valence-corrected chi connectivity index (χ1v) is 11.5. The van der Waals surface area contributed by atoms with Crippen molar-refractivity contribution in [2.24, 2.45) is 7.05 Å². The molecule has 1 aliphatic rings. The van der Waals surface area contributed by atoms with Gasteiger partial charge in [-0.3, -0.25) is 14.4 Å². The zero-order valence-corrected chi connectivity index (χ0v) is 20.5. The molecule has 0 unspecified atom stereocenters. The van der Waals surface area contributed by atoms with Crippen LogP contribution in [0.2, 0.25) is 5.02 Å². The molecule has 0 bridgehead atoms. The molecule has 9 heteroatoms. The maximum Gasteiger partial charge on any atom is 0.410 e. The normalized spacial score (nSPS) is 14.9. The van der Waals surface area contributed by atoms with Gasteiger partial charge in [0, 0.05) is 48.9 Å². The fourth-order valence-corrected chi connectivity index (χ4v) is 4.44. The summed E-state index contributed by atoms with van der Waals surface area (Å²) in [6.45, 7) is 8.99. The molecule has 176 valence electrons. The molecular weight excluding hydrogens is 442 g/mol. The van der Waals surface area contributed by atoms with Crippen molar-refractivity contribution in [1.82, 2.24) is 24.1 Å². The van der Waals surface area contributed by atoms with Crippen LogP contribution in [0.5, 0.6) is 0 Å². The van der Waals surface area contributed by atoms with Crippen LogP contribution in [0.25, 0.3) is 16.7 Å². The van der Waals surface area contributed by atoms with E-state index >= 15 is 0 Å². The van der Waals surface area contributed by atoms with Crippen molar-refractivity contribution in [2.75, 3.05) is 26.2 Å². The molecule has 4 rings (SSSR count). The minimum atomic E-state index is -0.584. The lowest BCUT2D eigenvalue weighted by molar-refractivity contribution is -0.135. The third kappa shape index (κ3) is 4.85. The molecule has 1 saturated heterocycles. The lowest BCUT2D eigenvalue weighted by atomic mass is 10.1. The number of benzene rings is 1. The van der Waals surface area contributed by atoms with E-state index in [1.807, 2.05) is 74.8 Å². The van der Waals surface area contributed by atoms with Gasteiger partial charge in [-0.25, -0.2) is 4.79 Å². The number of piperazine rings is 1. The number of rotatable bonds is 4. The number of halogens is 1. The van der Waals surface area contributed by atoms with Crippen LogP contribution in [0.4, 0.5) is 4.79 Å². The van der Waals surface area contributed by atoms with E-state index in [1.165, 1.54) is 4.90 Å². The topological polar surface area (TPSA) is 72.6 Å². The first-order valence-electron chi connectivity index (χ1n) is 11.1. The number of amides is 2. The number of carbonyl (C=O) groups excluding carboxylic acids is 2. The first kappa shape index (κ1) is 23.2. The Morgan fingerprint density at radius 3 is 2.67 bits per heavy atom. The molecule has 3 aromatic rings. The molecular formula is C24H30ClN5O3. The van der Waals surface area contributed by atoms with E-state index in [0.717, 1.165) is 28.0 Å². The van der Waals surface area contributed by atoms with Crippen molar-refractivity contribution in [1.29, 1.82) is 0 Å². The Balaban J connectivity index is 1.49. The van der Waals surface area contributed by atoms with Crippen LogP contribution in [-0.2, 0) is 23.0 Å². The summed E-state index contributed by atoms with van der Waals surface area (Å²) in [7, 11) is 1.93. The van der Waals surface area contributed by atoms with Crippen LogP contribution in [0.3, 0.4) is 0 Å². The van der Waals surface area contributed by atoms with Gasteiger partial charge < -0.3 is 14.2 Å². The lowest BCUT2D eigenvalue weighted by Gasteiger charge is -2.35. The van der Waals surface area contributed by atoms with Gasteiger partial charge in [-0.15, -0.1) is 0 Å². The van der Waals surface area contributed by atoms with E-state index in [0.29, 0.717) is 31.1 Å². The second-order valence-electron chi connectivity index (χ2n) is 9.43. The number of hydrogen-bond donors (Lipinski definition) is 0. The van der Waals surface area contributed by atoms with Crippen LogP contribution in [-0.4, -0.2) is 67.9 Å². The Labute approximate surface area is 198 Å². The van der Waals surface area contributed by atoms with Crippen molar-refractivity contribution in [3.05, 3.63) is 46.7 Å². The highest BCUT2D eigenvalue weighted by Gasteiger charge is 2.30. The second kappa shape index (κ2) is 8.74. The van der Waals surface area contributed by atoms with E-state index < -0.39 is 11.7 Å². The third-order valence-electron chi connectivity index (χ3n) is 5.80. The number of hydrogen-bond acceptors (Lipinski definition) is 4. The Bertz CT molecular complexity index is 1210.